The molecule has 1 saturated heterocycles. The van der Waals surface area contributed by atoms with Crippen LogP contribution in [-0.2, 0) is 20.7 Å². The number of esters is 1. The van der Waals surface area contributed by atoms with E-state index in [1.807, 2.05) is 54.6 Å². The molecule has 1 aliphatic heterocycles. The van der Waals surface area contributed by atoms with Gasteiger partial charge in [0.15, 0.2) is 23.0 Å². The molecule has 0 spiro atoms. The summed E-state index contributed by atoms with van der Waals surface area (Å²) in [6.07, 6.45) is 13.1. The first kappa shape index (κ1) is 39.2. The van der Waals surface area contributed by atoms with Gasteiger partial charge in [-0.15, -0.1) is 6.42 Å². The van der Waals surface area contributed by atoms with E-state index in [0.717, 1.165) is 61.6 Å². The Labute approximate surface area is 314 Å². The van der Waals surface area contributed by atoms with E-state index in [9.17, 15) is 9.59 Å². The van der Waals surface area contributed by atoms with Crippen LogP contribution in [0.2, 0.25) is 0 Å². The van der Waals surface area contributed by atoms with Gasteiger partial charge in [-0.05, 0) is 104 Å². The van der Waals surface area contributed by atoms with Gasteiger partial charge in [0.2, 0.25) is 11.7 Å². The molecule has 3 aromatic carbocycles. The molecule has 1 amide bonds. The molecule has 0 unspecified atom stereocenters. The zero-order chi connectivity index (χ0) is 37.7. The van der Waals surface area contributed by atoms with Crippen molar-refractivity contribution in [2.75, 3.05) is 48.7 Å². The summed E-state index contributed by atoms with van der Waals surface area (Å²) < 4.78 is 40.1. The Bertz CT molecular complexity index is 1700. The molecule has 0 aromatic heterocycles. The second kappa shape index (κ2) is 19.2. The maximum atomic E-state index is 14.9. The molecule has 3 atom stereocenters. The number of terminal acetylenes is 1. The number of likely N-dealkylation sites (tertiary alicyclic amines) is 1. The predicted molar refractivity (Wildman–Crippen MR) is 202 cm³/mol. The van der Waals surface area contributed by atoms with Crippen LogP contribution in [0.4, 0.5) is 0 Å². The topological polar surface area (TPSA) is 102 Å². The fourth-order valence-electron chi connectivity index (χ4n) is 7.74. The summed E-state index contributed by atoms with van der Waals surface area (Å²) >= 11 is 0. The number of hydrogen-bond acceptors (Lipinski definition) is 9. The van der Waals surface area contributed by atoms with Crippen molar-refractivity contribution in [3.8, 4) is 46.8 Å². The zero-order valence-electron chi connectivity index (χ0n) is 31.7. The highest BCUT2D eigenvalue weighted by Gasteiger charge is 2.41. The van der Waals surface area contributed by atoms with Crippen LogP contribution in [-0.4, -0.2) is 71.5 Å². The van der Waals surface area contributed by atoms with Crippen molar-refractivity contribution in [2.24, 2.45) is 5.92 Å². The average molecular weight is 728 g/mol. The molecule has 3 aromatic rings. The summed E-state index contributed by atoms with van der Waals surface area (Å²) in [7, 11) is 7.91. The predicted octanol–water partition coefficient (Wildman–Crippen LogP) is 7.70. The van der Waals surface area contributed by atoms with Crippen LogP contribution in [0.3, 0.4) is 0 Å². The molecule has 0 radical (unpaired) electrons. The molecule has 10 nitrogen and oxygen atoms in total. The Balaban J connectivity index is 1.44. The number of aryl methyl sites for hydroxylation is 1. The van der Waals surface area contributed by atoms with Gasteiger partial charge < -0.3 is 38.1 Å². The number of nitrogens with zero attached hydrogens (tertiary/aromatic N) is 1. The van der Waals surface area contributed by atoms with Crippen molar-refractivity contribution in [1.82, 2.24) is 4.90 Å². The summed E-state index contributed by atoms with van der Waals surface area (Å²) in [5.41, 5.74) is 2.58. The molecule has 53 heavy (non-hydrogen) atoms. The van der Waals surface area contributed by atoms with Gasteiger partial charge in [-0.2, -0.15) is 0 Å². The number of hydrogen-bond donors (Lipinski definition) is 0. The van der Waals surface area contributed by atoms with Gasteiger partial charge >= 0.3 is 5.97 Å². The lowest BCUT2D eigenvalue weighted by Crippen LogP contribution is -2.51. The second-order valence-corrected chi connectivity index (χ2v) is 13.6. The highest BCUT2D eigenvalue weighted by Crippen LogP contribution is 2.45. The van der Waals surface area contributed by atoms with Gasteiger partial charge in [0.25, 0.3) is 0 Å². The van der Waals surface area contributed by atoms with Crippen LogP contribution in [0, 0.1) is 18.3 Å². The van der Waals surface area contributed by atoms with E-state index >= 15 is 0 Å². The summed E-state index contributed by atoms with van der Waals surface area (Å²) in [5, 5.41) is 0. The molecule has 10 heteroatoms. The van der Waals surface area contributed by atoms with Crippen LogP contribution in [0.25, 0.3) is 0 Å². The van der Waals surface area contributed by atoms with E-state index in [0.29, 0.717) is 60.3 Å². The lowest BCUT2D eigenvalue weighted by Gasteiger charge is -2.40. The largest absolute Gasteiger partial charge is 0.497 e. The molecule has 1 saturated carbocycles. The summed E-state index contributed by atoms with van der Waals surface area (Å²) in [5.74, 6) is 4.91. The van der Waals surface area contributed by atoms with Crippen molar-refractivity contribution in [3.63, 3.8) is 0 Å². The fourth-order valence-corrected chi connectivity index (χ4v) is 7.74. The monoisotopic (exact) mass is 727 g/mol. The zero-order valence-corrected chi connectivity index (χ0v) is 31.7. The summed E-state index contributed by atoms with van der Waals surface area (Å²) in [6.45, 7) is 0.587. The Morgan fingerprint density at radius 1 is 0.774 bits per heavy atom. The maximum Gasteiger partial charge on any atom is 0.329 e. The number of benzene rings is 3. The number of carbonyl (C=O) groups excluding carboxylic acids is 2. The van der Waals surface area contributed by atoms with E-state index < -0.39 is 24.0 Å². The normalized spacial score (nSPS) is 17.1. The van der Waals surface area contributed by atoms with E-state index in [2.05, 4.69) is 5.92 Å². The first-order chi connectivity index (χ1) is 25.8. The van der Waals surface area contributed by atoms with Crippen molar-refractivity contribution in [3.05, 3.63) is 71.3 Å². The quantitative estimate of drug-likeness (QED) is 0.109. The molecule has 1 heterocycles. The number of piperidine rings is 1. The SMILES string of the molecule is C#CCOc1cc(CC[C@H](OC(=O)[C@H]2CCCCN2C(=O)[C@H](c2cc(OC)c(OC)c(OC)c2)C2CCCCC2)c2cccc(OC)c2)ccc1OC. The van der Waals surface area contributed by atoms with Crippen LogP contribution in [0.1, 0.15) is 86.5 Å². The molecule has 284 valence electrons. The van der Waals surface area contributed by atoms with Crippen molar-refractivity contribution < 1.29 is 42.7 Å². The van der Waals surface area contributed by atoms with Gasteiger partial charge in [-0.1, -0.05) is 43.4 Å². The van der Waals surface area contributed by atoms with Crippen molar-refractivity contribution >= 4 is 11.9 Å². The minimum atomic E-state index is -0.720. The highest BCUT2D eigenvalue weighted by molar-refractivity contribution is 5.89. The Kier molecular flexibility index (Phi) is 14.2. The van der Waals surface area contributed by atoms with Crippen LogP contribution >= 0.6 is 0 Å². The third-order valence-corrected chi connectivity index (χ3v) is 10.4. The summed E-state index contributed by atoms with van der Waals surface area (Å²) in [6, 6.07) is 16.3. The fraction of sp³-hybridized carbons (Fsp3) is 0.488. The Morgan fingerprint density at radius 2 is 1.49 bits per heavy atom. The van der Waals surface area contributed by atoms with Crippen molar-refractivity contribution in [2.45, 2.75) is 82.3 Å². The molecule has 2 aliphatic rings. The van der Waals surface area contributed by atoms with E-state index in [1.54, 1.807) is 40.4 Å². The Morgan fingerprint density at radius 3 is 2.15 bits per heavy atom. The first-order valence-electron chi connectivity index (χ1n) is 18.5. The van der Waals surface area contributed by atoms with Gasteiger partial charge in [0.05, 0.1) is 41.5 Å². The summed E-state index contributed by atoms with van der Waals surface area (Å²) in [4.78, 5) is 31.1. The van der Waals surface area contributed by atoms with Crippen molar-refractivity contribution in [1.29, 1.82) is 0 Å². The molecule has 5 rings (SSSR count). The van der Waals surface area contributed by atoms with Gasteiger partial charge in [-0.3, -0.25) is 4.79 Å². The molecule has 1 aliphatic carbocycles. The van der Waals surface area contributed by atoms with E-state index in [-0.39, 0.29) is 18.4 Å². The number of rotatable bonds is 16. The molecule has 0 N–H and O–H groups in total. The van der Waals surface area contributed by atoms with Gasteiger partial charge in [-0.25, -0.2) is 4.79 Å². The lowest BCUT2D eigenvalue weighted by molar-refractivity contribution is -0.163. The number of methoxy groups -OCH3 is 5. The minimum Gasteiger partial charge on any atom is -0.497 e. The smallest absolute Gasteiger partial charge is 0.329 e. The molecular weight excluding hydrogens is 674 g/mol. The second-order valence-electron chi connectivity index (χ2n) is 13.6. The standard InChI is InChI=1S/C43H53NO9/c1-7-24-52-37-25-29(20-22-36(37)48-3)19-21-35(31-16-13-17-33(26-31)47-2)53-43(46)34-18-11-12-23-44(34)42(45)40(30-14-9-8-10-15-30)32-27-38(49-4)41(51-6)39(28-32)50-5/h1,13,16-17,20,22,25-28,30,34-35,40H,8-12,14-15,18-19,21,23-24H2,2-6H3/t34-,35+,40+/m1/s1. The van der Waals surface area contributed by atoms with E-state index in [1.165, 1.54) is 0 Å². The highest BCUT2D eigenvalue weighted by atomic mass is 16.5. The van der Waals surface area contributed by atoms with E-state index in [4.69, 9.17) is 39.6 Å². The third-order valence-electron chi connectivity index (χ3n) is 10.4. The van der Waals surface area contributed by atoms with Gasteiger partial charge in [0.1, 0.15) is 24.5 Å². The average Bonchev–Trinajstić information content (AvgIpc) is 3.21. The molecule has 0 bridgehead atoms. The minimum absolute atomic E-state index is 0.0662. The van der Waals surface area contributed by atoms with Crippen LogP contribution in [0.15, 0.2) is 54.6 Å². The molecule has 2 fully saturated rings. The number of carbonyl (C=O) groups is 2. The Hall–Kier alpha value is -5.04. The number of amides is 1. The third kappa shape index (κ3) is 9.50. The van der Waals surface area contributed by atoms with Crippen LogP contribution < -0.4 is 28.4 Å². The van der Waals surface area contributed by atoms with Gasteiger partial charge in [0, 0.05) is 6.54 Å². The van der Waals surface area contributed by atoms with Crippen LogP contribution in [0.5, 0.6) is 34.5 Å². The number of ether oxygens (including phenoxy) is 7. The first-order valence-corrected chi connectivity index (χ1v) is 18.5. The maximum absolute atomic E-state index is 14.9. The molecular formula is C43H53NO9. The lowest BCUT2D eigenvalue weighted by atomic mass is 9.75.